The lowest BCUT2D eigenvalue weighted by Crippen LogP contribution is -2.31. The fraction of sp³-hybridized carbons (Fsp3) is 0.348. The van der Waals surface area contributed by atoms with E-state index in [9.17, 15) is 4.79 Å². The highest BCUT2D eigenvalue weighted by molar-refractivity contribution is 7.99. The van der Waals surface area contributed by atoms with Crippen LogP contribution in [0.15, 0.2) is 65.8 Å². The van der Waals surface area contributed by atoms with E-state index < -0.39 is 0 Å². The number of rotatable bonds is 9. The standard InChI is InChI=1S/C23H26N4OS/c1-2-26(15-18-9-5-3-6-10-18)21(28)17-29-23-25-24-22(20-13-14-20)27(23)16-19-11-7-4-8-12-19/h3-12,20H,2,13-17H2,1H3. The second-order valence-corrected chi connectivity index (χ2v) is 8.31. The van der Waals surface area contributed by atoms with E-state index in [0.717, 1.165) is 23.1 Å². The van der Waals surface area contributed by atoms with Gasteiger partial charge >= 0.3 is 0 Å². The van der Waals surface area contributed by atoms with Crippen molar-refractivity contribution < 1.29 is 4.79 Å². The van der Waals surface area contributed by atoms with Gasteiger partial charge in [0, 0.05) is 19.0 Å². The topological polar surface area (TPSA) is 51.0 Å². The zero-order valence-corrected chi connectivity index (χ0v) is 17.5. The van der Waals surface area contributed by atoms with E-state index in [4.69, 9.17) is 0 Å². The van der Waals surface area contributed by atoms with Gasteiger partial charge < -0.3 is 9.47 Å². The second kappa shape index (κ2) is 9.27. The Morgan fingerprint density at radius 1 is 1.03 bits per heavy atom. The molecule has 0 aliphatic heterocycles. The molecule has 0 saturated heterocycles. The first-order valence-electron chi connectivity index (χ1n) is 10.2. The van der Waals surface area contributed by atoms with Crippen molar-refractivity contribution in [2.24, 2.45) is 0 Å². The van der Waals surface area contributed by atoms with Gasteiger partial charge in [-0.05, 0) is 30.9 Å². The lowest BCUT2D eigenvalue weighted by atomic mass is 10.2. The maximum Gasteiger partial charge on any atom is 0.233 e. The Morgan fingerprint density at radius 2 is 1.69 bits per heavy atom. The average molecular weight is 407 g/mol. The Hall–Kier alpha value is -2.60. The normalized spacial score (nSPS) is 13.4. The molecule has 0 spiro atoms. The first kappa shape index (κ1) is 19.7. The van der Waals surface area contributed by atoms with Crippen molar-refractivity contribution in [2.45, 2.75) is 43.9 Å². The predicted octanol–water partition coefficient (Wildman–Crippen LogP) is 4.34. The van der Waals surface area contributed by atoms with E-state index in [2.05, 4.69) is 51.2 Å². The summed E-state index contributed by atoms with van der Waals surface area (Å²) in [5, 5.41) is 9.71. The van der Waals surface area contributed by atoms with E-state index in [0.29, 0.717) is 24.8 Å². The summed E-state index contributed by atoms with van der Waals surface area (Å²) in [7, 11) is 0. The van der Waals surface area contributed by atoms with E-state index >= 15 is 0 Å². The van der Waals surface area contributed by atoms with Gasteiger partial charge in [0.25, 0.3) is 0 Å². The Morgan fingerprint density at radius 3 is 2.31 bits per heavy atom. The highest BCUT2D eigenvalue weighted by Gasteiger charge is 2.30. The van der Waals surface area contributed by atoms with E-state index in [1.165, 1.54) is 30.2 Å². The van der Waals surface area contributed by atoms with Crippen LogP contribution < -0.4 is 0 Å². The van der Waals surface area contributed by atoms with Crippen LogP contribution in [-0.4, -0.2) is 37.9 Å². The SMILES string of the molecule is CCN(Cc1ccccc1)C(=O)CSc1nnc(C2CC2)n1Cc1ccccc1. The molecule has 0 unspecified atom stereocenters. The smallest absolute Gasteiger partial charge is 0.233 e. The molecule has 0 radical (unpaired) electrons. The molecule has 1 aliphatic carbocycles. The molecule has 1 saturated carbocycles. The molecule has 0 bridgehead atoms. The quantitative estimate of drug-likeness (QED) is 0.496. The van der Waals surface area contributed by atoms with Crippen LogP contribution in [0.3, 0.4) is 0 Å². The van der Waals surface area contributed by atoms with Crippen molar-refractivity contribution in [3.05, 3.63) is 77.6 Å². The van der Waals surface area contributed by atoms with Crippen molar-refractivity contribution >= 4 is 17.7 Å². The highest BCUT2D eigenvalue weighted by atomic mass is 32.2. The first-order chi connectivity index (χ1) is 14.2. The Bertz CT molecular complexity index is 938. The van der Waals surface area contributed by atoms with Gasteiger partial charge in [-0.15, -0.1) is 10.2 Å². The third-order valence-electron chi connectivity index (χ3n) is 5.15. The summed E-state index contributed by atoms with van der Waals surface area (Å²) in [6.07, 6.45) is 2.36. The third kappa shape index (κ3) is 5.07. The molecule has 150 valence electrons. The van der Waals surface area contributed by atoms with Gasteiger partial charge in [0.2, 0.25) is 5.91 Å². The molecule has 6 heteroatoms. The number of carbonyl (C=O) groups excluding carboxylic acids is 1. The summed E-state index contributed by atoms with van der Waals surface area (Å²) in [6.45, 7) is 4.10. The number of amides is 1. The van der Waals surface area contributed by atoms with E-state index in [1.54, 1.807) is 0 Å². The molecular weight excluding hydrogens is 380 g/mol. The third-order valence-corrected chi connectivity index (χ3v) is 6.10. The summed E-state index contributed by atoms with van der Waals surface area (Å²) in [5.74, 6) is 2.07. The Labute approximate surface area is 176 Å². The van der Waals surface area contributed by atoms with Crippen molar-refractivity contribution in [2.75, 3.05) is 12.3 Å². The van der Waals surface area contributed by atoms with Crippen LogP contribution >= 0.6 is 11.8 Å². The van der Waals surface area contributed by atoms with Crippen molar-refractivity contribution in [3.63, 3.8) is 0 Å². The summed E-state index contributed by atoms with van der Waals surface area (Å²) in [6, 6.07) is 20.5. The molecule has 2 aromatic carbocycles. The van der Waals surface area contributed by atoms with Crippen LogP contribution in [-0.2, 0) is 17.9 Å². The van der Waals surface area contributed by atoms with Crippen LogP contribution in [0.25, 0.3) is 0 Å². The molecule has 3 aromatic rings. The average Bonchev–Trinajstić information content (AvgIpc) is 3.53. The number of aromatic nitrogens is 3. The molecule has 0 atom stereocenters. The molecule has 5 nitrogen and oxygen atoms in total. The fourth-order valence-electron chi connectivity index (χ4n) is 3.36. The number of thioether (sulfide) groups is 1. The molecule has 4 rings (SSSR count). The van der Waals surface area contributed by atoms with Gasteiger partial charge in [0.1, 0.15) is 5.82 Å². The van der Waals surface area contributed by atoms with Crippen LogP contribution in [0.5, 0.6) is 0 Å². The van der Waals surface area contributed by atoms with E-state index in [1.807, 2.05) is 36.1 Å². The van der Waals surface area contributed by atoms with Gasteiger partial charge in [-0.1, -0.05) is 72.4 Å². The number of hydrogen-bond donors (Lipinski definition) is 0. The Balaban J connectivity index is 1.44. The number of hydrogen-bond acceptors (Lipinski definition) is 4. The summed E-state index contributed by atoms with van der Waals surface area (Å²) in [4.78, 5) is 14.7. The predicted molar refractivity (Wildman–Crippen MR) is 116 cm³/mol. The first-order valence-corrected chi connectivity index (χ1v) is 11.1. The van der Waals surface area contributed by atoms with Crippen molar-refractivity contribution in [3.8, 4) is 0 Å². The van der Waals surface area contributed by atoms with Crippen molar-refractivity contribution in [1.29, 1.82) is 0 Å². The lowest BCUT2D eigenvalue weighted by Gasteiger charge is -2.21. The van der Waals surface area contributed by atoms with Crippen LogP contribution in [0.2, 0.25) is 0 Å². The zero-order valence-electron chi connectivity index (χ0n) is 16.7. The largest absolute Gasteiger partial charge is 0.338 e. The second-order valence-electron chi connectivity index (χ2n) is 7.37. The molecule has 0 N–H and O–H groups in total. The molecule has 1 aromatic heterocycles. The van der Waals surface area contributed by atoms with Crippen molar-refractivity contribution in [1.82, 2.24) is 19.7 Å². The Kier molecular flexibility index (Phi) is 6.30. The minimum Gasteiger partial charge on any atom is -0.338 e. The molecule has 1 aliphatic rings. The van der Waals surface area contributed by atoms with Gasteiger partial charge in [0.05, 0.1) is 12.3 Å². The molecular formula is C23H26N4OS. The number of carbonyl (C=O) groups is 1. The molecule has 1 heterocycles. The highest BCUT2D eigenvalue weighted by Crippen LogP contribution is 2.40. The van der Waals surface area contributed by atoms with Crippen LogP contribution in [0.1, 0.15) is 42.6 Å². The minimum absolute atomic E-state index is 0.128. The number of nitrogens with zero attached hydrogens (tertiary/aromatic N) is 4. The summed E-state index contributed by atoms with van der Waals surface area (Å²) in [5.41, 5.74) is 2.37. The van der Waals surface area contributed by atoms with Crippen LogP contribution in [0, 0.1) is 0 Å². The lowest BCUT2D eigenvalue weighted by molar-refractivity contribution is -0.128. The minimum atomic E-state index is 0.128. The summed E-state index contributed by atoms with van der Waals surface area (Å²) < 4.78 is 2.19. The molecule has 29 heavy (non-hydrogen) atoms. The van der Waals surface area contributed by atoms with Gasteiger partial charge in [0.15, 0.2) is 5.16 Å². The maximum atomic E-state index is 12.8. The monoisotopic (exact) mass is 406 g/mol. The molecule has 1 fully saturated rings. The fourth-order valence-corrected chi connectivity index (χ4v) is 4.21. The zero-order chi connectivity index (χ0) is 20.1. The number of benzene rings is 2. The van der Waals surface area contributed by atoms with Gasteiger partial charge in [-0.25, -0.2) is 0 Å². The van der Waals surface area contributed by atoms with E-state index in [-0.39, 0.29) is 5.91 Å². The summed E-state index contributed by atoms with van der Waals surface area (Å²) >= 11 is 1.49. The maximum absolute atomic E-state index is 12.8. The van der Waals surface area contributed by atoms with Gasteiger partial charge in [-0.2, -0.15) is 0 Å². The molecule has 1 amide bonds. The van der Waals surface area contributed by atoms with Crippen LogP contribution in [0.4, 0.5) is 0 Å². The van der Waals surface area contributed by atoms with Gasteiger partial charge in [-0.3, -0.25) is 4.79 Å².